The van der Waals surface area contributed by atoms with E-state index in [9.17, 15) is 18.0 Å². The van der Waals surface area contributed by atoms with Gasteiger partial charge in [0.1, 0.15) is 0 Å². The largest absolute Gasteiger partial charge is 0.417 e. The van der Waals surface area contributed by atoms with Gasteiger partial charge >= 0.3 is 6.18 Å². The van der Waals surface area contributed by atoms with Crippen LogP contribution in [0.3, 0.4) is 0 Å². The van der Waals surface area contributed by atoms with Gasteiger partial charge < -0.3 is 0 Å². The summed E-state index contributed by atoms with van der Waals surface area (Å²) < 4.78 is 37.9. The predicted octanol–water partition coefficient (Wildman–Crippen LogP) is 4.32. The van der Waals surface area contributed by atoms with Crippen molar-refractivity contribution < 1.29 is 18.0 Å². The van der Waals surface area contributed by atoms with Crippen LogP contribution in [0, 0.1) is 0 Å². The molecule has 0 aliphatic heterocycles. The quantitative estimate of drug-likeness (QED) is 0.586. The first kappa shape index (κ1) is 13.5. The topological polar surface area (TPSA) is 17.1 Å². The number of alkyl halides is 4. The van der Waals surface area contributed by atoms with Crippen molar-refractivity contribution >= 4 is 33.3 Å². The predicted molar refractivity (Wildman–Crippen MR) is 59.2 cm³/mol. The molecule has 0 bridgehead atoms. The van der Waals surface area contributed by atoms with E-state index in [-0.39, 0.29) is 5.02 Å². The second kappa shape index (κ2) is 4.75. The first-order valence-corrected chi connectivity index (χ1v) is 5.58. The molecule has 0 fully saturated rings. The van der Waals surface area contributed by atoms with Crippen LogP contribution in [0.2, 0.25) is 5.02 Å². The minimum absolute atomic E-state index is 0.189. The number of hydrogen-bond donors (Lipinski definition) is 0. The van der Waals surface area contributed by atoms with Crippen LogP contribution in [0.25, 0.3) is 0 Å². The highest BCUT2D eigenvalue weighted by Gasteiger charge is 2.36. The summed E-state index contributed by atoms with van der Waals surface area (Å²) in [6.45, 7) is 1.45. The molecule has 88 valence electrons. The fourth-order valence-corrected chi connectivity index (χ4v) is 1.71. The zero-order valence-electron chi connectivity index (χ0n) is 8.11. The highest BCUT2D eigenvalue weighted by molar-refractivity contribution is 9.10. The molecule has 0 spiro atoms. The maximum absolute atomic E-state index is 12.6. The van der Waals surface area contributed by atoms with Gasteiger partial charge in [-0.05, 0) is 19.1 Å². The molecule has 0 aliphatic rings. The van der Waals surface area contributed by atoms with Crippen LogP contribution in [0.4, 0.5) is 13.2 Å². The van der Waals surface area contributed by atoms with Gasteiger partial charge in [0, 0.05) is 5.56 Å². The third-order valence-electron chi connectivity index (χ3n) is 1.93. The smallest absolute Gasteiger partial charge is 0.293 e. The maximum atomic E-state index is 12.6. The number of ketones is 1. The van der Waals surface area contributed by atoms with Crippen molar-refractivity contribution in [1.82, 2.24) is 0 Å². The second-order valence-electron chi connectivity index (χ2n) is 3.14. The SMILES string of the molecule is CC(Br)C(=O)c1c(Cl)cccc1C(F)(F)F. The lowest BCUT2D eigenvalue weighted by Gasteiger charge is -2.14. The van der Waals surface area contributed by atoms with E-state index >= 15 is 0 Å². The van der Waals surface area contributed by atoms with Gasteiger partial charge in [-0.15, -0.1) is 0 Å². The molecule has 0 radical (unpaired) electrons. The molecule has 0 heterocycles. The minimum atomic E-state index is -4.59. The van der Waals surface area contributed by atoms with Gasteiger partial charge in [0.15, 0.2) is 5.78 Å². The summed E-state index contributed by atoms with van der Waals surface area (Å²) in [7, 11) is 0. The lowest BCUT2D eigenvalue weighted by atomic mass is 10.0. The Balaban J connectivity index is 3.41. The Hall–Kier alpha value is -0.550. The van der Waals surface area contributed by atoms with E-state index in [0.29, 0.717) is 0 Å². The number of rotatable bonds is 2. The average Bonchev–Trinajstić information content (AvgIpc) is 2.14. The lowest BCUT2D eigenvalue weighted by Crippen LogP contribution is -2.18. The number of carbonyl (C=O) groups excluding carboxylic acids is 1. The summed E-state index contributed by atoms with van der Waals surface area (Å²) in [5, 5.41) is -0.189. The molecule has 1 atom stereocenters. The van der Waals surface area contributed by atoms with Gasteiger partial charge in [-0.3, -0.25) is 4.79 Å². The van der Waals surface area contributed by atoms with Gasteiger partial charge in [0.25, 0.3) is 0 Å². The fraction of sp³-hybridized carbons (Fsp3) is 0.300. The van der Waals surface area contributed by atoms with Gasteiger partial charge in [0.05, 0.1) is 15.4 Å². The third-order valence-corrected chi connectivity index (χ3v) is 2.66. The van der Waals surface area contributed by atoms with Crippen LogP contribution in [-0.2, 0) is 6.18 Å². The first-order chi connectivity index (χ1) is 7.25. The van der Waals surface area contributed by atoms with E-state index in [1.54, 1.807) is 0 Å². The molecule has 0 aliphatic carbocycles. The standard InChI is InChI=1S/C10H7BrClF3O/c1-5(11)9(16)8-6(10(13,14)15)3-2-4-7(8)12/h2-5H,1H3. The van der Waals surface area contributed by atoms with Crippen molar-refractivity contribution in [3.8, 4) is 0 Å². The van der Waals surface area contributed by atoms with Crippen LogP contribution in [-0.4, -0.2) is 10.6 Å². The van der Waals surface area contributed by atoms with Crippen molar-refractivity contribution in [1.29, 1.82) is 0 Å². The maximum Gasteiger partial charge on any atom is 0.417 e. The van der Waals surface area contributed by atoms with Crippen molar-refractivity contribution in [2.45, 2.75) is 17.9 Å². The molecule has 1 aromatic carbocycles. The second-order valence-corrected chi connectivity index (χ2v) is 4.92. The Morgan fingerprint density at radius 1 is 1.44 bits per heavy atom. The normalized spacial score (nSPS) is 13.6. The van der Waals surface area contributed by atoms with Crippen LogP contribution < -0.4 is 0 Å². The van der Waals surface area contributed by atoms with E-state index in [4.69, 9.17) is 11.6 Å². The third kappa shape index (κ3) is 2.77. The van der Waals surface area contributed by atoms with E-state index in [0.717, 1.165) is 6.07 Å². The van der Waals surface area contributed by atoms with Crippen molar-refractivity contribution in [2.75, 3.05) is 0 Å². The molecular formula is C10H7BrClF3O. The molecule has 0 aromatic heterocycles. The molecule has 1 aromatic rings. The van der Waals surface area contributed by atoms with Crippen molar-refractivity contribution in [2.24, 2.45) is 0 Å². The van der Waals surface area contributed by atoms with Crippen molar-refractivity contribution in [3.63, 3.8) is 0 Å². The molecule has 6 heteroatoms. The molecule has 0 N–H and O–H groups in total. The fourth-order valence-electron chi connectivity index (χ4n) is 1.21. The number of carbonyl (C=O) groups is 1. The van der Waals surface area contributed by atoms with E-state index in [1.807, 2.05) is 0 Å². The van der Waals surface area contributed by atoms with Gasteiger partial charge in [0.2, 0.25) is 0 Å². The summed E-state index contributed by atoms with van der Waals surface area (Å²) >= 11 is 8.57. The monoisotopic (exact) mass is 314 g/mol. The van der Waals surface area contributed by atoms with E-state index in [2.05, 4.69) is 15.9 Å². The molecule has 0 saturated heterocycles. The van der Waals surface area contributed by atoms with E-state index in [1.165, 1.54) is 19.1 Å². The van der Waals surface area contributed by atoms with E-state index < -0.39 is 27.9 Å². The molecule has 1 unspecified atom stereocenters. The molecule has 0 saturated carbocycles. The summed E-state index contributed by atoms with van der Waals surface area (Å²) in [6.07, 6.45) is -4.59. The summed E-state index contributed by atoms with van der Waals surface area (Å²) in [6, 6.07) is 3.27. The Labute approximate surface area is 104 Å². The Bertz CT molecular complexity index is 415. The van der Waals surface area contributed by atoms with Crippen LogP contribution in [0.15, 0.2) is 18.2 Å². The average molecular weight is 316 g/mol. The highest BCUT2D eigenvalue weighted by atomic mass is 79.9. The van der Waals surface area contributed by atoms with Crippen LogP contribution in [0.1, 0.15) is 22.8 Å². The molecule has 16 heavy (non-hydrogen) atoms. The summed E-state index contributed by atoms with van der Waals surface area (Å²) in [5.41, 5.74) is -1.49. The van der Waals surface area contributed by atoms with Gasteiger partial charge in [-0.1, -0.05) is 33.6 Å². The molecule has 0 amide bonds. The Kier molecular flexibility index (Phi) is 4.02. The molecular weight excluding hydrogens is 308 g/mol. The highest BCUT2D eigenvalue weighted by Crippen LogP contribution is 2.36. The number of halogens is 5. The number of Topliss-reactive ketones (excluding diaryl/α,β-unsaturated/α-hetero) is 1. The van der Waals surface area contributed by atoms with Gasteiger partial charge in [-0.2, -0.15) is 13.2 Å². The molecule has 1 nitrogen and oxygen atoms in total. The summed E-state index contributed by atoms with van der Waals surface area (Å²) in [4.78, 5) is 10.9. The molecule has 1 rings (SSSR count). The lowest BCUT2D eigenvalue weighted by molar-refractivity contribution is -0.137. The van der Waals surface area contributed by atoms with Gasteiger partial charge in [-0.25, -0.2) is 0 Å². The number of hydrogen-bond acceptors (Lipinski definition) is 1. The Morgan fingerprint density at radius 2 is 2.00 bits per heavy atom. The summed E-state index contributed by atoms with van der Waals surface area (Å²) in [5.74, 6) is -0.682. The van der Waals surface area contributed by atoms with Crippen LogP contribution in [0.5, 0.6) is 0 Å². The zero-order valence-corrected chi connectivity index (χ0v) is 10.4. The minimum Gasteiger partial charge on any atom is -0.293 e. The van der Waals surface area contributed by atoms with Crippen LogP contribution >= 0.6 is 27.5 Å². The van der Waals surface area contributed by atoms with Crippen molar-refractivity contribution in [3.05, 3.63) is 34.3 Å². The zero-order chi connectivity index (χ0) is 12.5. The first-order valence-electron chi connectivity index (χ1n) is 4.29. The Morgan fingerprint density at radius 3 is 2.44 bits per heavy atom. The number of benzene rings is 1.